The molecule has 0 heteroatoms. The third-order valence-electron chi connectivity index (χ3n) is 10.1. The highest BCUT2D eigenvalue weighted by atomic mass is 14.5. The van der Waals surface area contributed by atoms with Crippen LogP contribution in [0.5, 0.6) is 0 Å². The highest BCUT2D eigenvalue weighted by Gasteiger charge is 2.42. The van der Waals surface area contributed by atoms with Gasteiger partial charge in [0.1, 0.15) is 0 Å². The molecule has 0 aromatic heterocycles. The Balaban J connectivity index is 1.65. The first kappa shape index (κ1) is 25.6. The summed E-state index contributed by atoms with van der Waals surface area (Å²) in [5.74, 6) is 6.47. The van der Waals surface area contributed by atoms with E-state index in [1.54, 1.807) is 57.8 Å². The van der Waals surface area contributed by atoms with Crippen LogP contribution in [0.15, 0.2) is 0 Å². The first-order chi connectivity index (χ1) is 15.3. The molecule has 0 heterocycles. The van der Waals surface area contributed by atoms with Crippen LogP contribution in [0, 0.1) is 35.5 Å². The van der Waals surface area contributed by atoms with E-state index in [1.807, 2.05) is 0 Å². The Morgan fingerprint density at radius 3 is 1.84 bits per heavy atom. The molecule has 0 saturated heterocycles. The van der Waals surface area contributed by atoms with Crippen molar-refractivity contribution in [2.24, 2.45) is 35.5 Å². The second-order valence-corrected chi connectivity index (χ2v) is 12.1. The zero-order valence-corrected chi connectivity index (χ0v) is 21.7. The van der Waals surface area contributed by atoms with Gasteiger partial charge in [0, 0.05) is 0 Å². The molecule has 3 aliphatic carbocycles. The monoisotopic (exact) mass is 430 g/mol. The fourth-order valence-corrected chi connectivity index (χ4v) is 8.31. The van der Waals surface area contributed by atoms with Gasteiger partial charge in [-0.25, -0.2) is 0 Å². The Labute approximate surface area is 197 Å². The third kappa shape index (κ3) is 8.37. The number of hydrogen-bond donors (Lipinski definition) is 0. The summed E-state index contributed by atoms with van der Waals surface area (Å²) in [7, 11) is 0. The molecule has 0 amide bonds. The van der Waals surface area contributed by atoms with Gasteiger partial charge in [-0.15, -0.1) is 0 Å². The molecule has 0 N–H and O–H groups in total. The van der Waals surface area contributed by atoms with E-state index in [2.05, 4.69) is 13.8 Å². The molecule has 3 aliphatic rings. The maximum absolute atomic E-state index is 2.52. The predicted octanol–water partition coefficient (Wildman–Crippen LogP) is 10.7. The lowest BCUT2D eigenvalue weighted by Crippen LogP contribution is -2.40. The fraction of sp³-hybridized carbons (Fsp3) is 1.00. The molecule has 0 radical (unpaired) electrons. The van der Waals surface area contributed by atoms with Crippen LogP contribution in [0.1, 0.15) is 162 Å². The van der Waals surface area contributed by atoms with Gasteiger partial charge < -0.3 is 0 Å². The zero-order chi connectivity index (χ0) is 21.7. The zero-order valence-electron chi connectivity index (χ0n) is 21.7. The van der Waals surface area contributed by atoms with E-state index >= 15 is 0 Å². The maximum atomic E-state index is 2.52. The van der Waals surface area contributed by atoms with Gasteiger partial charge in [0.05, 0.1) is 0 Å². The average molecular weight is 431 g/mol. The van der Waals surface area contributed by atoms with Crippen LogP contribution in [0.3, 0.4) is 0 Å². The van der Waals surface area contributed by atoms with E-state index in [9.17, 15) is 0 Å². The molecular formula is C31H58. The van der Waals surface area contributed by atoms with Gasteiger partial charge in [-0.1, -0.05) is 142 Å². The van der Waals surface area contributed by atoms with E-state index in [1.165, 1.54) is 89.9 Å². The number of rotatable bonds is 5. The molecule has 0 aromatic carbocycles. The lowest BCUT2D eigenvalue weighted by Gasteiger charge is -2.49. The van der Waals surface area contributed by atoms with Crippen LogP contribution < -0.4 is 0 Å². The Kier molecular flexibility index (Phi) is 12.4. The summed E-state index contributed by atoms with van der Waals surface area (Å²) >= 11 is 0. The van der Waals surface area contributed by atoms with Crippen LogP contribution >= 0.6 is 0 Å². The quantitative estimate of drug-likeness (QED) is 0.406. The summed E-state index contributed by atoms with van der Waals surface area (Å²) < 4.78 is 0. The first-order valence-corrected chi connectivity index (χ1v) is 15.3. The second-order valence-electron chi connectivity index (χ2n) is 12.1. The van der Waals surface area contributed by atoms with Crippen LogP contribution in [-0.2, 0) is 0 Å². The smallest absolute Gasteiger partial charge is 0.0326 e. The summed E-state index contributed by atoms with van der Waals surface area (Å²) in [6, 6.07) is 0. The van der Waals surface area contributed by atoms with Gasteiger partial charge >= 0.3 is 0 Å². The van der Waals surface area contributed by atoms with Crippen LogP contribution in [0.25, 0.3) is 0 Å². The van der Waals surface area contributed by atoms with Crippen LogP contribution in [-0.4, -0.2) is 0 Å². The molecule has 3 rings (SSSR count). The lowest BCUT2D eigenvalue weighted by atomic mass is 9.56. The molecule has 0 nitrogen and oxygen atoms in total. The second kappa shape index (κ2) is 15.0. The fourth-order valence-electron chi connectivity index (χ4n) is 8.31. The van der Waals surface area contributed by atoms with Gasteiger partial charge in [0.2, 0.25) is 0 Å². The van der Waals surface area contributed by atoms with Crippen LogP contribution in [0.2, 0.25) is 0 Å². The Morgan fingerprint density at radius 2 is 1.10 bits per heavy atom. The van der Waals surface area contributed by atoms with Gasteiger partial charge in [-0.05, 0) is 54.8 Å². The molecule has 3 fully saturated rings. The average Bonchev–Trinajstić information content (AvgIpc) is 2.81. The molecular weight excluding hydrogens is 372 g/mol. The molecule has 0 aromatic rings. The van der Waals surface area contributed by atoms with Gasteiger partial charge in [-0.2, -0.15) is 0 Å². The molecule has 3 saturated carbocycles. The first-order valence-electron chi connectivity index (χ1n) is 15.3. The summed E-state index contributed by atoms with van der Waals surface area (Å²) in [6.07, 6.45) is 35.1. The van der Waals surface area contributed by atoms with E-state index in [-0.39, 0.29) is 0 Å². The van der Waals surface area contributed by atoms with Crippen molar-refractivity contribution in [1.82, 2.24) is 0 Å². The predicted molar refractivity (Wildman–Crippen MR) is 138 cm³/mol. The van der Waals surface area contributed by atoms with Gasteiger partial charge in [0.25, 0.3) is 0 Å². The molecule has 0 aliphatic heterocycles. The van der Waals surface area contributed by atoms with Crippen molar-refractivity contribution in [2.45, 2.75) is 162 Å². The molecule has 0 spiro atoms. The molecule has 6 atom stereocenters. The highest BCUT2D eigenvalue weighted by Crippen LogP contribution is 2.52. The van der Waals surface area contributed by atoms with Crippen molar-refractivity contribution in [3.63, 3.8) is 0 Å². The maximum Gasteiger partial charge on any atom is -0.0326 e. The minimum absolute atomic E-state index is 1.04. The highest BCUT2D eigenvalue weighted by molar-refractivity contribution is 4.92. The Hall–Kier alpha value is 0. The van der Waals surface area contributed by atoms with E-state index in [0.717, 1.165) is 35.5 Å². The summed E-state index contributed by atoms with van der Waals surface area (Å²) in [6.45, 7) is 4.91. The van der Waals surface area contributed by atoms with Crippen molar-refractivity contribution < 1.29 is 0 Å². The van der Waals surface area contributed by atoms with Crippen molar-refractivity contribution in [1.29, 1.82) is 0 Å². The summed E-state index contributed by atoms with van der Waals surface area (Å²) in [5, 5.41) is 0. The number of unbranched alkanes of at least 4 members (excludes halogenated alkanes) is 1. The van der Waals surface area contributed by atoms with Gasteiger partial charge in [0.15, 0.2) is 0 Å². The molecule has 182 valence electrons. The normalized spacial score (nSPS) is 37.4. The van der Waals surface area contributed by atoms with Gasteiger partial charge in [-0.3, -0.25) is 0 Å². The van der Waals surface area contributed by atoms with Crippen LogP contribution in [0.4, 0.5) is 0 Å². The third-order valence-corrected chi connectivity index (χ3v) is 10.1. The van der Waals surface area contributed by atoms with Crippen molar-refractivity contribution >= 4 is 0 Å². The minimum Gasteiger partial charge on any atom is -0.0654 e. The SMILES string of the molecule is CCCCC1CCCCCCCCCCC(C2C(CC)CCC3CCCCC32)CCC1. The number of fused-ring (bicyclic) bond motifs is 1. The summed E-state index contributed by atoms with van der Waals surface area (Å²) in [4.78, 5) is 0. The lowest BCUT2D eigenvalue weighted by molar-refractivity contribution is 0.00692. The molecule has 31 heavy (non-hydrogen) atoms. The molecule has 0 bridgehead atoms. The van der Waals surface area contributed by atoms with E-state index in [0.29, 0.717) is 0 Å². The minimum atomic E-state index is 1.04. The van der Waals surface area contributed by atoms with Crippen molar-refractivity contribution in [2.75, 3.05) is 0 Å². The topological polar surface area (TPSA) is 0 Å². The number of hydrogen-bond acceptors (Lipinski definition) is 0. The Morgan fingerprint density at radius 1 is 0.516 bits per heavy atom. The van der Waals surface area contributed by atoms with E-state index in [4.69, 9.17) is 0 Å². The van der Waals surface area contributed by atoms with Crippen molar-refractivity contribution in [3.05, 3.63) is 0 Å². The Bertz CT molecular complexity index is 439. The summed E-state index contributed by atoms with van der Waals surface area (Å²) in [5.41, 5.74) is 0. The molecule has 6 unspecified atom stereocenters. The van der Waals surface area contributed by atoms with Crippen molar-refractivity contribution in [3.8, 4) is 0 Å². The standard InChI is InChI=1S/C31H58/c1-3-5-17-26-18-12-10-8-6-7-9-11-13-21-29(22-16-19-26)31-27(4-2)24-25-28-20-14-15-23-30(28)31/h26-31H,3-25H2,1-2H3. The largest absolute Gasteiger partial charge is 0.0654 e. The van der Waals surface area contributed by atoms with E-state index < -0.39 is 0 Å².